The number of rotatable bonds is 3. The van der Waals surface area contributed by atoms with Gasteiger partial charge in [0.15, 0.2) is 5.41 Å². The van der Waals surface area contributed by atoms with E-state index in [1.165, 1.54) is 0 Å². The molecule has 1 N–H and O–H groups in total. The van der Waals surface area contributed by atoms with Crippen molar-refractivity contribution >= 4 is 23.2 Å². The van der Waals surface area contributed by atoms with E-state index < -0.39 is 36.4 Å². The van der Waals surface area contributed by atoms with Crippen molar-refractivity contribution in [3.05, 3.63) is 40.9 Å². The van der Waals surface area contributed by atoms with E-state index in [2.05, 4.69) is 4.98 Å². The summed E-state index contributed by atoms with van der Waals surface area (Å²) in [7, 11) is 0. The molecule has 0 saturated carbocycles. The van der Waals surface area contributed by atoms with Crippen LogP contribution in [-0.2, 0) is 4.79 Å². The predicted octanol–water partition coefficient (Wildman–Crippen LogP) is 3.60. The number of thiazole rings is 1. The van der Waals surface area contributed by atoms with Gasteiger partial charge in [-0.1, -0.05) is 30.3 Å². The third-order valence-corrected chi connectivity index (χ3v) is 5.71. The molecule has 5 nitrogen and oxygen atoms in total. The highest BCUT2D eigenvalue weighted by Gasteiger charge is 2.64. The summed E-state index contributed by atoms with van der Waals surface area (Å²) in [4.78, 5) is 29.5. The van der Waals surface area contributed by atoms with Gasteiger partial charge in [0.1, 0.15) is 9.88 Å². The number of aliphatic carboxylic acids is 1. The van der Waals surface area contributed by atoms with E-state index in [0.717, 1.165) is 21.8 Å². The lowest BCUT2D eigenvalue weighted by molar-refractivity contribution is -0.227. The SMILES string of the molecule is Cc1nc(-c2ccccc2)sc1C(=O)N1CCC(C(=O)O)(C(F)(F)F)C1. The molecule has 1 aromatic heterocycles. The van der Waals surface area contributed by atoms with Crippen LogP contribution >= 0.6 is 11.3 Å². The van der Waals surface area contributed by atoms with Crippen molar-refractivity contribution in [3.63, 3.8) is 0 Å². The molecule has 0 spiro atoms. The second-order valence-electron chi connectivity index (χ2n) is 6.16. The number of carboxylic acids is 1. The fourth-order valence-corrected chi connectivity index (χ4v) is 3.99. The quantitative estimate of drug-likeness (QED) is 0.878. The van der Waals surface area contributed by atoms with E-state index >= 15 is 0 Å². The van der Waals surface area contributed by atoms with E-state index in [1.54, 1.807) is 6.92 Å². The lowest BCUT2D eigenvalue weighted by Crippen LogP contribution is -2.47. The summed E-state index contributed by atoms with van der Waals surface area (Å²) in [5, 5.41) is 9.70. The number of benzene rings is 1. The fraction of sp³-hybridized carbons (Fsp3) is 0.353. The Morgan fingerprint density at radius 1 is 1.27 bits per heavy atom. The number of halogens is 3. The number of carbonyl (C=O) groups excluding carboxylic acids is 1. The zero-order chi connectivity index (χ0) is 19.1. The molecule has 1 fully saturated rings. The standard InChI is InChI=1S/C17H15F3N2O3S/c1-10-12(26-13(21-10)11-5-3-2-4-6-11)14(23)22-8-7-16(9-22,15(24)25)17(18,19)20/h2-6H,7-9H2,1H3,(H,24,25). The van der Waals surface area contributed by atoms with E-state index in [4.69, 9.17) is 5.11 Å². The van der Waals surface area contributed by atoms with Gasteiger partial charge in [0.05, 0.1) is 5.69 Å². The number of nitrogens with zero attached hydrogens (tertiary/aromatic N) is 2. The summed E-state index contributed by atoms with van der Waals surface area (Å²) < 4.78 is 39.8. The Bertz CT molecular complexity index is 851. The maximum Gasteiger partial charge on any atom is 0.406 e. The second-order valence-corrected chi connectivity index (χ2v) is 7.16. The van der Waals surface area contributed by atoms with Gasteiger partial charge in [-0.25, -0.2) is 4.98 Å². The Hall–Kier alpha value is -2.42. The minimum Gasteiger partial charge on any atom is -0.481 e. The summed E-state index contributed by atoms with van der Waals surface area (Å²) >= 11 is 1.09. The molecule has 3 rings (SSSR count). The third kappa shape index (κ3) is 2.96. The average molecular weight is 384 g/mol. The van der Waals surface area contributed by atoms with Crippen molar-refractivity contribution in [3.8, 4) is 10.6 Å². The normalized spacial score (nSPS) is 20.4. The number of aryl methyl sites for hydroxylation is 1. The fourth-order valence-electron chi connectivity index (χ4n) is 2.95. The van der Waals surface area contributed by atoms with Gasteiger partial charge >= 0.3 is 12.1 Å². The summed E-state index contributed by atoms with van der Waals surface area (Å²) in [6, 6.07) is 9.11. The van der Waals surface area contributed by atoms with Crippen LogP contribution in [0.3, 0.4) is 0 Å². The van der Waals surface area contributed by atoms with Crippen LogP contribution in [0.4, 0.5) is 13.2 Å². The van der Waals surface area contributed by atoms with Crippen molar-refractivity contribution in [2.75, 3.05) is 13.1 Å². The molecular formula is C17H15F3N2O3S. The number of likely N-dealkylation sites (tertiary alicyclic amines) is 1. The molecule has 1 aliphatic rings. The van der Waals surface area contributed by atoms with E-state index in [1.807, 2.05) is 30.3 Å². The predicted molar refractivity (Wildman–Crippen MR) is 88.9 cm³/mol. The van der Waals surface area contributed by atoms with E-state index in [-0.39, 0.29) is 11.4 Å². The van der Waals surface area contributed by atoms with Crippen molar-refractivity contribution in [2.24, 2.45) is 5.41 Å². The molecule has 2 heterocycles. The molecule has 1 aromatic carbocycles. The smallest absolute Gasteiger partial charge is 0.406 e. The van der Waals surface area contributed by atoms with Crippen LogP contribution in [0.5, 0.6) is 0 Å². The van der Waals surface area contributed by atoms with Crippen LogP contribution in [0.15, 0.2) is 30.3 Å². The zero-order valence-corrected chi connectivity index (χ0v) is 14.5. The van der Waals surface area contributed by atoms with Crippen LogP contribution in [0.1, 0.15) is 21.8 Å². The summed E-state index contributed by atoms with van der Waals surface area (Å²) in [5.74, 6) is -2.57. The molecule has 0 aliphatic carbocycles. The van der Waals surface area contributed by atoms with Gasteiger partial charge in [0.25, 0.3) is 5.91 Å². The van der Waals surface area contributed by atoms with Gasteiger partial charge in [-0.15, -0.1) is 11.3 Å². The number of carboxylic acid groups (broad SMARTS) is 1. The molecule has 9 heteroatoms. The maximum atomic E-state index is 13.3. The van der Waals surface area contributed by atoms with Crippen molar-refractivity contribution in [1.29, 1.82) is 0 Å². The molecule has 1 amide bonds. The number of alkyl halides is 3. The Morgan fingerprint density at radius 3 is 2.46 bits per heavy atom. The Labute approximate surface area is 151 Å². The topological polar surface area (TPSA) is 70.5 Å². The lowest BCUT2D eigenvalue weighted by atomic mass is 9.86. The van der Waals surface area contributed by atoms with Crippen molar-refractivity contribution in [1.82, 2.24) is 9.88 Å². The first kappa shape index (κ1) is 18.4. The van der Waals surface area contributed by atoms with Gasteiger partial charge in [-0.2, -0.15) is 13.2 Å². The number of hydrogen-bond acceptors (Lipinski definition) is 4. The van der Waals surface area contributed by atoms with Crippen LogP contribution in [-0.4, -0.2) is 46.1 Å². The molecule has 1 atom stereocenters. The Morgan fingerprint density at radius 2 is 1.92 bits per heavy atom. The lowest BCUT2D eigenvalue weighted by Gasteiger charge is -2.27. The van der Waals surface area contributed by atoms with Crippen LogP contribution in [0.2, 0.25) is 0 Å². The molecule has 138 valence electrons. The molecule has 2 aromatic rings. The van der Waals surface area contributed by atoms with Crippen molar-refractivity contribution < 1.29 is 27.9 Å². The van der Waals surface area contributed by atoms with Gasteiger partial charge < -0.3 is 10.0 Å². The van der Waals surface area contributed by atoms with Gasteiger partial charge in [-0.3, -0.25) is 9.59 Å². The summed E-state index contributed by atoms with van der Waals surface area (Å²) in [5.41, 5.74) is -1.70. The molecular weight excluding hydrogens is 369 g/mol. The monoisotopic (exact) mass is 384 g/mol. The number of aromatic nitrogens is 1. The van der Waals surface area contributed by atoms with E-state index in [9.17, 15) is 22.8 Å². The average Bonchev–Trinajstić information content (AvgIpc) is 3.19. The van der Waals surface area contributed by atoms with Gasteiger partial charge in [0, 0.05) is 18.7 Å². The Balaban J connectivity index is 1.87. The molecule has 1 aliphatic heterocycles. The van der Waals surface area contributed by atoms with Crippen LogP contribution in [0, 0.1) is 12.3 Å². The highest BCUT2D eigenvalue weighted by atomic mass is 32.1. The molecule has 26 heavy (non-hydrogen) atoms. The second kappa shape index (κ2) is 6.39. The maximum absolute atomic E-state index is 13.3. The van der Waals surface area contributed by atoms with Crippen LogP contribution in [0.25, 0.3) is 10.6 Å². The highest BCUT2D eigenvalue weighted by molar-refractivity contribution is 7.17. The first-order valence-electron chi connectivity index (χ1n) is 7.78. The Kier molecular flexibility index (Phi) is 4.51. The van der Waals surface area contributed by atoms with Gasteiger partial charge in [-0.05, 0) is 13.3 Å². The first-order chi connectivity index (χ1) is 12.2. The van der Waals surface area contributed by atoms with E-state index in [0.29, 0.717) is 10.7 Å². The van der Waals surface area contributed by atoms with Gasteiger partial charge in [0.2, 0.25) is 0 Å². The van der Waals surface area contributed by atoms with Crippen molar-refractivity contribution in [2.45, 2.75) is 19.5 Å². The highest BCUT2D eigenvalue weighted by Crippen LogP contribution is 2.46. The first-order valence-corrected chi connectivity index (χ1v) is 8.59. The molecule has 1 unspecified atom stereocenters. The molecule has 0 radical (unpaired) electrons. The molecule has 1 saturated heterocycles. The minimum atomic E-state index is -4.92. The number of hydrogen-bond donors (Lipinski definition) is 1. The molecule has 0 bridgehead atoms. The summed E-state index contributed by atoms with van der Waals surface area (Å²) in [6.07, 6.45) is -5.58. The van der Waals surface area contributed by atoms with Crippen LogP contribution < -0.4 is 0 Å². The number of carbonyl (C=O) groups is 2. The third-order valence-electron chi connectivity index (χ3n) is 4.52. The largest absolute Gasteiger partial charge is 0.481 e. The minimum absolute atomic E-state index is 0.229. The number of amides is 1. The summed E-state index contributed by atoms with van der Waals surface area (Å²) in [6.45, 7) is 0.464. The zero-order valence-electron chi connectivity index (χ0n) is 13.7.